The van der Waals surface area contributed by atoms with Gasteiger partial charge in [0, 0.05) is 31.9 Å². The summed E-state index contributed by atoms with van der Waals surface area (Å²) in [6.45, 7) is 6.35. The van der Waals surface area contributed by atoms with Gasteiger partial charge in [-0.05, 0) is 54.8 Å². The number of halogens is 6. The monoisotopic (exact) mass is 500 g/mol. The summed E-state index contributed by atoms with van der Waals surface area (Å²) in [5.74, 6) is -3.79. The van der Waals surface area contributed by atoms with Crippen molar-refractivity contribution in [3.05, 3.63) is 76.4 Å². The van der Waals surface area contributed by atoms with Gasteiger partial charge in [-0.25, -0.2) is 4.39 Å². The molecule has 3 rings (SSSR count). The molecule has 0 aliphatic carbocycles. The molecule has 2 aromatic rings. The molecule has 1 aliphatic rings. The van der Waals surface area contributed by atoms with Crippen LogP contribution in [0, 0.1) is 12.7 Å². The number of amides is 1. The number of carbonyl (C=O) groups is 2. The fourth-order valence-corrected chi connectivity index (χ4v) is 3.98. The summed E-state index contributed by atoms with van der Waals surface area (Å²) < 4.78 is 53.5. The zero-order chi connectivity index (χ0) is 24.3. The van der Waals surface area contributed by atoms with Crippen molar-refractivity contribution in [3.63, 3.8) is 0 Å². The maximum Gasteiger partial charge on any atom is 0.455 e. The van der Waals surface area contributed by atoms with E-state index in [4.69, 9.17) is 30.1 Å². The number of rotatable bonds is 5. The van der Waals surface area contributed by atoms with E-state index >= 15 is 0 Å². The number of allylic oxidation sites excluding steroid dienone is 1. The van der Waals surface area contributed by atoms with E-state index in [1.165, 1.54) is 30.3 Å². The molecule has 0 atom stereocenters. The van der Waals surface area contributed by atoms with Gasteiger partial charge in [0.05, 0.1) is 15.6 Å². The Labute approximate surface area is 198 Å². The van der Waals surface area contributed by atoms with E-state index < -0.39 is 35.7 Å². The Morgan fingerprint density at radius 2 is 1.58 bits per heavy atom. The molecule has 2 radical (unpaired) electrons. The van der Waals surface area contributed by atoms with E-state index in [9.17, 15) is 27.2 Å². The Hall–Kier alpha value is -2.58. The first kappa shape index (κ1) is 25.1. The van der Waals surface area contributed by atoms with Gasteiger partial charge in [-0.2, -0.15) is 13.2 Å². The van der Waals surface area contributed by atoms with Crippen molar-refractivity contribution in [2.45, 2.75) is 12.6 Å². The van der Waals surface area contributed by atoms with E-state index in [2.05, 4.69) is 0 Å². The van der Waals surface area contributed by atoms with Crippen LogP contribution in [0.5, 0.6) is 0 Å². The lowest BCUT2D eigenvalue weighted by molar-refractivity contribution is -0.167. The fourth-order valence-electron chi connectivity index (χ4n) is 3.57. The molecule has 33 heavy (non-hydrogen) atoms. The van der Waals surface area contributed by atoms with E-state index in [1.54, 1.807) is 12.1 Å². The molecular formula is C23H18Cl2F4N2O2. The van der Waals surface area contributed by atoms with Crippen molar-refractivity contribution in [1.29, 1.82) is 0 Å². The Morgan fingerprint density at radius 1 is 0.970 bits per heavy atom. The van der Waals surface area contributed by atoms with Crippen LogP contribution in [0.4, 0.5) is 23.2 Å². The van der Waals surface area contributed by atoms with Gasteiger partial charge in [0.25, 0.3) is 11.7 Å². The summed E-state index contributed by atoms with van der Waals surface area (Å²) in [6, 6.07) is 9.91. The van der Waals surface area contributed by atoms with E-state index in [0.29, 0.717) is 5.69 Å². The van der Waals surface area contributed by atoms with E-state index in [1.807, 2.05) is 4.90 Å². The molecule has 1 fully saturated rings. The topological polar surface area (TPSA) is 40.6 Å². The quantitative estimate of drug-likeness (QED) is 0.236. The van der Waals surface area contributed by atoms with Gasteiger partial charge in [-0.3, -0.25) is 9.59 Å². The summed E-state index contributed by atoms with van der Waals surface area (Å²) in [4.78, 5) is 28.5. The normalized spacial score (nSPS) is 15.4. The van der Waals surface area contributed by atoms with Crippen LogP contribution >= 0.6 is 23.2 Å². The number of benzene rings is 2. The number of hydrogen-bond donors (Lipinski definition) is 0. The first-order valence-corrected chi connectivity index (χ1v) is 10.6. The summed E-state index contributed by atoms with van der Waals surface area (Å²) >= 11 is 12.1. The summed E-state index contributed by atoms with van der Waals surface area (Å²) in [5, 5.41) is -0.0692. The highest BCUT2D eigenvalue weighted by atomic mass is 35.5. The number of hydrogen-bond acceptors (Lipinski definition) is 3. The van der Waals surface area contributed by atoms with Crippen LogP contribution in [-0.2, 0) is 9.59 Å². The molecular weight excluding hydrogens is 483 g/mol. The average Bonchev–Trinajstić information content (AvgIpc) is 2.79. The second-order valence-electron chi connectivity index (χ2n) is 7.24. The Balaban J connectivity index is 1.95. The maximum atomic E-state index is 13.4. The van der Waals surface area contributed by atoms with Gasteiger partial charge >= 0.3 is 6.18 Å². The maximum absolute atomic E-state index is 13.4. The molecule has 1 aliphatic heterocycles. The molecule has 1 saturated heterocycles. The number of nitrogens with zero attached hydrogens (tertiary/aromatic N) is 2. The lowest BCUT2D eigenvalue weighted by atomic mass is 9.93. The molecule has 0 N–H and O–H groups in total. The van der Waals surface area contributed by atoms with Crippen molar-refractivity contribution in [1.82, 2.24) is 4.90 Å². The summed E-state index contributed by atoms with van der Waals surface area (Å²) in [7, 11) is 0. The highest BCUT2D eigenvalue weighted by Crippen LogP contribution is 2.36. The summed E-state index contributed by atoms with van der Waals surface area (Å²) in [6.07, 6.45) is -5.84. The molecule has 10 heteroatoms. The van der Waals surface area contributed by atoms with Crippen LogP contribution < -0.4 is 4.90 Å². The number of Topliss-reactive ketones (excluding diaryl/α,β-unsaturated/α-hetero) is 1. The third-order valence-corrected chi connectivity index (χ3v) is 6.06. The van der Waals surface area contributed by atoms with E-state index in [-0.39, 0.29) is 47.4 Å². The standard InChI is InChI=1S/C23H18Cl2F4N2O2/c1-2-16(17-4-3-5-18(24)20(17)25)19(21(32)23(27,28)29)22(33)31-12-10-30(11-13-31)15-8-6-14(26)7-9-15/h1,3-9H,2,10-13H2/b19-16+. The van der Waals surface area contributed by atoms with Gasteiger partial charge in [-0.1, -0.05) is 35.3 Å². The molecule has 1 heterocycles. The van der Waals surface area contributed by atoms with Crippen LogP contribution in [0.15, 0.2) is 48.0 Å². The molecule has 0 aromatic heterocycles. The molecule has 0 unspecified atom stereocenters. The zero-order valence-corrected chi connectivity index (χ0v) is 18.6. The number of anilines is 1. The van der Waals surface area contributed by atoms with Gasteiger partial charge in [0.15, 0.2) is 0 Å². The highest BCUT2D eigenvalue weighted by molar-refractivity contribution is 6.43. The highest BCUT2D eigenvalue weighted by Gasteiger charge is 2.45. The number of carbonyl (C=O) groups excluding carboxylic acids is 2. The minimum atomic E-state index is -5.30. The second kappa shape index (κ2) is 10.1. The molecule has 2 aromatic carbocycles. The lowest BCUT2D eigenvalue weighted by Gasteiger charge is -2.36. The predicted octanol–water partition coefficient (Wildman–Crippen LogP) is 5.47. The molecule has 0 spiro atoms. The second-order valence-corrected chi connectivity index (χ2v) is 8.03. The van der Waals surface area contributed by atoms with Crippen molar-refractivity contribution in [3.8, 4) is 0 Å². The third kappa shape index (κ3) is 5.50. The van der Waals surface area contributed by atoms with Crippen LogP contribution in [0.3, 0.4) is 0 Å². The fraction of sp³-hybridized carbons (Fsp3) is 0.261. The smallest absolute Gasteiger partial charge is 0.368 e. The van der Waals surface area contributed by atoms with Crippen molar-refractivity contribution >= 4 is 46.2 Å². The third-order valence-electron chi connectivity index (χ3n) is 5.24. The Bertz CT molecular complexity index is 1080. The zero-order valence-electron chi connectivity index (χ0n) is 17.1. The summed E-state index contributed by atoms with van der Waals surface area (Å²) in [5.41, 5.74) is -0.725. The first-order chi connectivity index (χ1) is 15.5. The van der Waals surface area contributed by atoms with Crippen molar-refractivity contribution < 1.29 is 27.2 Å². The van der Waals surface area contributed by atoms with Gasteiger partial charge in [0.1, 0.15) is 5.82 Å². The lowest BCUT2D eigenvalue weighted by Crippen LogP contribution is -2.50. The minimum absolute atomic E-state index is 0.0161. The van der Waals surface area contributed by atoms with Gasteiger partial charge in [0.2, 0.25) is 0 Å². The van der Waals surface area contributed by atoms with Crippen LogP contribution in [-0.4, -0.2) is 48.9 Å². The average molecular weight is 501 g/mol. The van der Waals surface area contributed by atoms with Crippen LogP contribution in [0.1, 0.15) is 12.0 Å². The number of piperazine rings is 1. The first-order valence-electron chi connectivity index (χ1n) is 9.83. The number of alkyl halides is 3. The van der Waals surface area contributed by atoms with Gasteiger partial charge in [-0.15, -0.1) is 0 Å². The van der Waals surface area contributed by atoms with E-state index in [0.717, 1.165) is 4.90 Å². The molecule has 0 saturated carbocycles. The predicted molar refractivity (Wildman–Crippen MR) is 119 cm³/mol. The molecule has 0 bridgehead atoms. The van der Waals surface area contributed by atoms with Crippen molar-refractivity contribution in [2.75, 3.05) is 31.1 Å². The van der Waals surface area contributed by atoms with Gasteiger partial charge < -0.3 is 9.80 Å². The molecule has 1 amide bonds. The molecule has 174 valence electrons. The van der Waals surface area contributed by atoms with Crippen LogP contribution in [0.2, 0.25) is 10.0 Å². The SMILES string of the molecule is [CH]C/C(=C(\C(=O)N1CCN(c2ccc(F)cc2)CC1)C(=O)C(F)(F)F)c1cccc(Cl)c1Cl. The van der Waals surface area contributed by atoms with Crippen molar-refractivity contribution in [2.24, 2.45) is 0 Å². The largest absolute Gasteiger partial charge is 0.455 e. The molecule has 4 nitrogen and oxygen atoms in total. The minimum Gasteiger partial charge on any atom is -0.368 e. The Morgan fingerprint density at radius 3 is 2.12 bits per heavy atom. The van der Waals surface area contributed by atoms with Crippen LogP contribution in [0.25, 0.3) is 5.57 Å². The Kier molecular flexibility index (Phi) is 7.69. The number of ketones is 1.